The predicted molar refractivity (Wildman–Crippen MR) is 57.0 cm³/mol. The standard InChI is InChI=1S/C11H8ClF2NO2/c1-17-11(16)8-3-6(10(13)14)2-7(5-15)9(8)4-12/h2-3,10H,4H2,1H3. The number of rotatable bonds is 3. The Bertz CT molecular complexity index is 483. The van der Waals surface area contributed by atoms with Crippen LogP contribution in [0.2, 0.25) is 0 Å². The second-order valence-electron chi connectivity index (χ2n) is 3.13. The third-order valence-electron chi connectivity index (χ3n) is 2.18. The minimum Gasteiger partial charge on any atom is -0.465 e. The average molecular weight is 260 g/mol. The van der Waals surface area contributed by atoms with Crippen molar-refractivity contribution in [2.75, 3.05) is 7.11 Å². The molecule has 0 amide bonds. The molecule has 0 atom stereocenters. The molecular weight excluding hydrogens is 252 g/mol. The van der Waals surface area contributed by atoms with Crippen LogP contribution in [0.1, 0.15) is 33.5 Å². The predicted octanol–water partition coefficient (Wildman–Crippen LogP) is 3.02. The van der Waals surface area contributed by atoms with Crippen LogP contribution in [0.4, 0.5) is 8.78 Å². The van der Waals surface area contributed by atoms with Crippen LogP contribution in [0.5, 0.6) is 0 Å². The zero-order valence-corrected chi connectivity index (χ0v) is 9.59. The molecule has 3 nitrogen and oxygen atoms in total. The van der Waals surface area contributed by atoms with Gasteiger partial charge in [-0.05, 0) is 17.7 Å². The topological polar surface area (TPSA) is 50.1 Å². The maximum absolute atomic E-state index is 12.6. The molecule has 0 heterocycles. The van der Waals surface area contributed by atoms with Crippen LogP contribution in [0, 0.1) is 11.3 Å². The van der Waals surface area contributed by atoms with E-state index in [1.54, 1.807) is 6.07 Å². The number of hydrogen-bond acceptors (Lipinski definition) is 3. The lowest BCUT2D eigenvalue weighted by Gasteiger charge is -2.10. The van der Waals surface area contributed by atoms with E-state index < -0.39 is 18.0 Å². The van der Waals surface area contributed by atoms with E-state index >= 15 is 0 Å². The monoisotopic (exact) mass is 259 g/mol. The van der Waals surface area contributed by atoms with Gasteiger partial charge in [-0.1, -0.05) is 0 Å². The van der Waals surface area contributed by atoms with Crippen molar-refractivity contribution in [3.8, 4) is 6.07 Å². The van der Waals surface area contributed by atoms with Crippen LogP contribution in [0.15, 0.2) is 12.1 Å². The van der Waals surface area contributed by atoms with Crippen molar-refractivity contribution < 1.29 is 18.3 Å². The first-order chi connectivity index (χ1) is 8.04. The van der Waals surface area contributed by atoms with E-state index in [9.17, 15) is 13.6 Å². The fourth-order valence-electron chi connectivity index (χ4n) is 1.36. The van der Waals surface area contributed by atoms with Gasteiger partial charge in [-0.2, -0.15) is 5.26 Å². The Morgan fingerprint density at radius 3 is 2.65 bits per heavy atom. The van der Waals surface area contributed by atoms with Gasteiger partial charge in [0.05, 0.1) is 24.3 Å². The first kappa shape index (κ1) is 13.4. The van der Waals surface area contributed by atoms with Gasteiger partial charge in [-0.25, -0.2) is 13.6 Å². The number of benzene rings is 1. The molecule has 0 aliphatic heterocycles. The molecule has 0 bridgehead atoms. The molecule has 0 fully saturated rings. The van der Waals surface area contributed by atoms with E-state index in [0.29, 0.717) is 0 Å². The molecule has 1 aromatic carbocycles. The van der Waals surface area contributed by atoms with Crippen molar-refractivity contribution in [1.82, 2.24) is 0 Å². The van der Waals surface area contributed by atoms with Gasteiger partial charge in [0.2, 0.25) is 0 Å². The zero-order valence-electron chi connectivity index (χ0n) is 8.84. The number of ether oxygens (including phenoxy) is 1. The summed E-state index contributed by atoms with van der Waals surface area (Å²) < 4.78 is 29.6. The molecule has 1 aromatic rings. The zero-order chi connectivity index (χ0) is 13.0. The first-order valence-electron chi connectivity index (χ1n) is 4.54. The van der Waals surface area contributed by atoms with Crippen LogP contribution in [0.3, 0.4) is 0 Å². The summed E-state index contributed by atoms with van der Waals surface area (Å²) in [6, 6.07) is 3.75. The molecular formula is C11H8ClF2NO2. The fourth-order valence-corrected chi connectivity index (χ4v) is 1.64. The number of esters is 1. The Balaban J connectivity index is 3.49. The molecule has 0 N–H and O–H groups in total. The molecule has 1 rings (SSSR count). The van der Waals surface area contributed by atoms with Crippen LogP contribution in [-0.2, 0) is 10.6 Å². The molecule has 0 spiro atoms. The Morgan fingerprint density at radius 1 is 1.59 bits per heavy atom. The van der Waals surface area contributed by atoms with Crippen molar-refractivity contribution in [3.63, 3.8) is 0 Å². The van der Waals surface area contributed by atoms with Gasteiger partial charge in [-0.15, -0.1) is 11.6 Å². The molecule has 17 heavy (non-hydrogen) atoms. The molecule has 0 saturated carbocycles. The quantitative estimate of drug-likeness (QED) is 0.619. The minimum absolute atomic E-state index is 0.0433. The summed E-state index contributed by atoms with van der Waals surface area (Å²) in [7, 11) is 1.13. The number of halogens is 3. The molecule has 90 valence electrons. The largest absolute Gasteiger partial charge is 0.465 e. The lowest BCUT2D eigenvalue weighted by molar-refractivity contribution is 0.0599. The van der Waals surface area contributed by atoms with Crippen molar-refractivity contribution in [2.45, 2.75) is 12.3 Å². The molecule has 0 unspecified atom stereocenters. The number of hydrogen-bond donors (Lipinski definition) is 0. The molecule has 0 saturated heterocycles. The highest BCUT2D eigenvalue weighted by Crippen LogP contribution is 2.26. The Labute approximate surface area is 102 Å². The van der Waals surface area contributed by atoms with Crippen LogP contribution >= 0.6 is 11.6 Å². The van der Waals surface area contributed by atoms with E-state index in [-0.39, 0.29) is 22.6 Å². The average Bonchev–Trinajstić information content (AvgIpc) is 2.35. The molecule has 6 heteroatoms. The van der Waals surface area contributed by atoms with Crippen molar-refractivity contribution in [2.24, 2.45) is 0 Å². The van der Waals surface area contributed by atoms with Gasteiger partial charge < -0.3 is 4.74 Å². The molecule has 0 aromatic heterocycles. The van der Waals surface area contributed by atoms with Gasteiger partial charge in [-0.3, -0.25) is 0 Å². The van der Waals surface area contributed by atoms with E-state index in [0.717, 1.165) is 19.2 Å². The molecule has 0 aliphatic rings. The lowest BCUT2D eigenvalue weighted by Crippen LogP contribution is -2.08. The summed E-state index contributed by atoms with van der Waals surface area (Å²) in [5, 5.41) is 8.83. The maximum atomic E-state index is 12.6. The third-order valence-corrected chi connectivity index (χ3v) is 2.45. The minimum atomic E-state index is -2.77. The number of nitriles is 1. The summed E-state index contributed by atoms with van der Waals surface area (Å²) >= 11 is 5.60. The summed E-state index contributed by atoms with van der Waals surface area (Å²) in [6.45, 7) is 0. The van der Waals surface area contributed by atoms with E-state index in [2.05, 4.69) is 4.74 Å². The molecule has 0 aliphatic carbocycles. The summed E-state index contributed by atoms with van der Waals surface area (Å²) in [4.78, 5) is 11.4. The second kappa shape index (κ2) is 5.60. The van der Waals surface area contributed by atoms with E-state index in [1.807, 2.05) is 0 Å². The number of nitrogens with zero attached hydrogens (tertiary/aromatic N) is 1. The summed E-state index contributed by atoms with van der Waals surface area (Å²) in [5.74, 6) is -0.920. The highest BCUT2D eigenvalue weighted by molar-refractivity contribution is 6.18. The summed E-state index contributed by atoms with van der Waals surface area (Å²) in [5.41, 5.74) is -0.351. The Kier molecular flexibility index (Phi) is 4.41. The van der Waals surface area contributed by atoms with Gasteiger partial charge in [0, 0.05) is 11.4 Å². The first-order valence-corrected chi connectivity index (χ1v) is 5.08. The van der Waals surface area contributed by atoms with Gasteiger partial charge >= 0.3 is 5.97 Å². The number of methoxy groups -OCH3 is 1. The van der Waals surface area contributed by atoms with E-state index in [1.165, 1.54) is 0 Å². The number of carbonyl (C=O) groups is 1. The maximum Gasteiger partial charge on any atom is 0.338 e. The molecule has 0 radical (unpaired) electrons. The highest BCUT2D eigenvalue weighted by atomic mass is 35.5. The van der Waals surface area contributed by atoms with Crippen molar-refractivity contribution in [1.29, 1.82) is 5.26 Å². The van der Waals surface area contributed by atoms with Crippen LogP contribution < -0.4 is 0 Å². The van der Waals surface area contributed by atoms with Crippen LogP contribution in [0.25, 0.3) is 0 Å². The van der Waals surface area contributed by atoms with Crippen LogP contribution in [-0.4, -0.2) is 13.1 Å². The second-order valence-corrected chi connectivity index (χ2v) is 3.40. The lowest BCUT2D eigenvalue weighted by atomic mass is 9.99. The Morgan fingerprint density at radius 2 is 2.24 bits per heavy atom. The highest BCUT2D eigenvalue weighted by Gasteiger charge is 2.19. The SMILES string of the molecule is COC(=O)c1cc(C(F)F)cc(C#N)c1CCl. The summed E-state index contributed by atoms with van der Waals surface area (Å²) in [6.07, 6.45) is -2.77. The third kappa shape index (κ3) is 2.71. The normalized spacial score (nSPS) is 10.1. The van der Waals surface area contributed by atoms with Gasteiger partial charge in [0.1, 0.15) is 0 Å². The smallest absolute Gasteiger partial charge is 0.338 e. The van der Waals surface area contributed by atoms with Gasteiger partial charge in [0.25, 0.3) is 6.43 Å². The fraction of sp³-hybridized carbons (Fsp3) is 0.273. The van der Waals surface area contributed by atoms with E-state index in [4.69, 9.17) is 16.9 Å². The number of carbonyl (C=O) groups excluding carboxylic acids is 1. The Hall–Kier alpha value is -1.67. The van der Waals surface area contributed by atoms with Crippen molar-refractivity contribution in [3.05, 3.63) is 34.4 Å². The number of alkyl halides is 3. The van der Waals surface area contributed by atoms with Gasteiger partial charge in [0.15, 0.2) is 0 Å². The van der Waals surface area contributed by atoms with Crippen molar-refractivity contribution >= 4 is 17.6 Å².